The van der Waals surface area contributed by atoms with Crippen LogP contribution < -0.4 is 4.90 Å². The first-order valence-electron chi connectivity index (χ1n) is 10.9. The Kier molecular flexibility index (Phi) is 8.27. The zero-order valence-electron chi connectivity index (χ0n) is 19.4. The van der Waals surface area contributed by atoms with Crippen LogP contribution in [0, 0.1) is 0 Å². The molecule has 0 saturated carbocycles. The molecule has 0 bridgehead atoms. The maximum atomic E-state index is 12.7. The number of allylic oxidation sites excluding steroid dienone is 3. The van der Waals surface area contributed by atoms with Crippen LogP contribution in [-0.4, -0.2) is 62.5 Å². The Balaban J connectivity index is 0.00000320. The number of hydrogen-bond donors (Lipinski definition) is 1. The molecule has 0 spiro atoms. The number of aromatic nitrogens is 4. The van der Waals surface area contributed by atoms with Crippen LogP contribution in [0.4, 0.5) is 11.4 Å². The van der Waals surface area contributed by atoms with Crippen LogP contribution in [0.1, 0.15) is 25.2 Å². The average molecular weight is 540 g/mol. The summed E-state index contributed by atoms with van der Waals surface area (Å²) in [7, 11) is -4.68. The van der Waals surface area contributed by atoms with Crippen molar-refractivity contribution in [2.45, 2.75) is 23.6 Å². The molecular formula is C26H22N5NaO3S2. The fourth-order valence-corrected chi connectivity index (χ4v) is 6.22. The van der Waals surface area contributed by atoms with E-state index in [-0.39, 0.29) is 45.7 Å². The van der Waals surface area contributed by atoms with Gasteiger partial charge in [0.1, 0.15) is 10.6 Å². The molecule has 0 unspecified atom stereocenters. The quantitative estimate of drug-likeness (QED) is 0.214. The van der Waals surface area contributed by atoms with Crippen LogP contribution >= 0.6 is 11.8 Å². The van der Waals surface area contributed by atoms with E-state index in [0.717, 1.165) is 21.2 Å². The van der Waals surface area contributed by atoms with E-state index in [9.17, 15) is 13.0 Å². The normalized spacial score (nSPS) is 14.0. The van der Waals surface area contributed by atoms with Gasteiger partial charge >= 0.3 is 29.6 Å². The molecule has 1 N–H and O–H groups in total. The topological polar surface area (TPSA) is 109 Å². The third-order valence-corrected chi connectivity index (χ3v) is 7.88. The van der Waals surface area contributed by atoms with Crippen LogP contribution in [0.15, 0.2) is 107 Å². The zero-order chi connectivity index (χ0) is 25.3. The third-order valence-electron chi connectivity index (χ3n) is 5.72. The maximum absolute atomic E-state index is 12.7. The summed E-state index contributed by atoms with van der Waals surface area (Å²) in [5.41, 5.74) is 3.84. The number of para-hydroxylation sites is 2. The first-order chi connectivity index (χ1) is 17.4. The minimum absolute atomic E-state index is 0. The summed E-state index contributed by atoms with van der Waals surface area (Å²) in [6, 6.07) is 16.0. The van der Waals surface area contributed by atoms with Crippen molar-refractivity contribution in [2.24, 2.45) is 0 Å². The van der Waals surface area contributed by atoms with Crippen molar-refractivity contribution in [3.8, 4) is 0 Å². The summed E-state index contributed by atoms with van der Waals surface area (Å²) in [6.07, 6.45) is 8.77. The van der Waals surface area contributed by atoms with Gasteiger partial charge in [-0.05, 0) is 43.7 Å². The monoisotopic (exact) mass is 539 g/mol. The Labute approximate surface area is 241 Å². The SMILES string of the molecule is CC(C(=C(C)N1c2ccccc2Sc2ccccc21)c1cnccn1)=C(c1cnccn1)S(=O)(=O)O.[NaH]. The molecule has 1 aliphatic rings. The van der Waals surface area contributed by atoms with Gasteiger partial charge in [0, 0.05) is 45.8 Å². The molecule has 0 radical (unpaired) electrons. The molecule has 2 aromatic carbocycles. The van der Waals surface area contributed by atoms with Gasteiger partial charge in [-0.25, -0.2) is 0 Å². The summed E-state index contributed by atoms with van der Waals surface area (Å²) >= 11 is 1.67. The molecule has 1 aliphatic heterocycles. The molecule has 8 nitrogen and oxygen atoms in total. The first-order valence-corrected chi connectivity index (χ1v) is 13.2. The van der Waals surface area contributed by atoms with E-state index in [2.05, 4.69) is 24.8 Å². The first kappa shape index (κ1) is 27.2. The molecule has 0 amide bonds. The Hall–Kier alpha value is -2.86. The van der Waals surface area contributed by atoms with Crippen LogP contribution in [-0.2, 0) is 10.1 Å². The molecule has 2 aromatic heterocycles. The second-order valence-corrected chi connectivity index (χ2v) is 10.4. The fourth-order valence-electron chi connectivity index (χ4n) is 4.30. The standard InChI is InChI=1S/C26H21N5O3S2.Na.H/c1-17(26(36(32,33)34)20-16-28-12-14-30-20)25(19-15-27-11-13-29-19)18(2)31-21-7-3-5-9-23(21)35-24-10-6-4-8-22(24)31;;/h3-16H,1-2H3,(H,32,33,34);;. The van der Waals surface area contributed by atoms with E-state index < -0.39 is 10.1 Å². The van der Waals surface area contributed by atoms with Crippen molar-refractivity contribution in [1.29, 1.82) is 0 Å². The van der Waals surface area contributed by atoms with E-state index in [1.807, 2.05) is 55.5 Å². The van der Waals surface area contributed by atoms with Gasteiger partial charge in [-0.3, -0.25) is 24.5 Å². The van der Waals surface area contributed by atoms with Crippen LogP contribution in [0.2, 0.25) is 0 Å². The van der Waals surface area contributed by atoms with Gasteiger partial charge < -0.3 is 4.90 Å². The molecule has 5 rings (SSSR count). The summed E-state index contributed by atoms with van der Waals surface area (Å²) in [5.74, 6) is 0. The summed E-state index contributed by atoms with van der Waals surface area (Å²) in [6.45, 7) is 3.52. The Bertz CT molecular complexity index is 1570. The predicted octanol–water partition coefficient (Wildman–Crippen LogP) is 4.97. The zero-order valence-corrected chi connectivity index (χ0v) is 21.0. The van der Waals surface area contributed by atoms with Crippen molar-refractivity contribution in [3.05, 3.63) is 108 Å². The number of benzene rings is 2. The minimum atomic E-state index is -4.68. The summed E-state index contributed by atoms with van der Waals surface area (Å²) < 4.78 is 35.6. The van der Waals surface area contributed by atoms with E-state index in [1.54, 1.807) is 37.3 Å². The van der Waals surface area contributed by atoms with Crippen molar-refractivity contribution in [2.75, 3.05) is 4.90 Å². The molecule has 37 heavy (non-hydrogen) atoms. The van der Waals surface area contributed by atoms with Gasteiger partial charge in [0.15, 0.2) is 0 Å². The number of rotatable bonds is 5. The fraction of sp³-hybridized carbons (Fsp3) is 0.0769. The van der Waals surface area contributed by atoms with Crippen LogP contribution in [0.3, 0.4) is 0 Å². The molecular weight excluding hydrogens is 517 g/mol. The summed E-state index contributed by atoms with van der Waals surface area (Å²) in [4.78, 5) is 20.7. The van der Waals surface area contributed by atoms with Gasteiger partial charge in [-0.15, -0.1) is 0 Å². The van der Waals surface area contributed by atoms with Gasteiger partial charge in [-0.2, -0.15) is 8.42 Å². The van der Waals surface area contributed by atoms with Gasteiger partial charge in [0.05, 0.1) is 29.5 Å². The Morgan fingerprint density at radius 3 is 1.81 bits per heavy atom. The number of hydrogen-bond acceptors (Lipinski definition) is 8. The van der Waals surface area contributed by atoms with Crippen molar-refractivity contribution in [3.63, 3.8) is 0 Å². The van der Waals surface area contributed by atoms with Crippen molar-refractivity contribution >= 4 is 73.3 Å². The van der Waals surface area contributed by atoms with Gasteiger partial charge in [0.25, 0.3) is 10.1 Å². The van der Waals surface area contributed by atoms with Crippen molar-refractivity contribution < 1.29 is 13.0 Å². The molecule has 0 aliphatic carbocycles. The second kappa shape index (κ2) is 11.3. The Morgan fingerprint density at radius 1 is 0.811 bits per heavy atom. The predicted molar refractivity (Wildman–Crippen MR) is 147 cm³/mol. The Morgan fingerprint density at radius 2 is 1.32 bits per heavy atom. The van der Waals surface area contributed by atoms with Crippen LogP contribution in [0.25, 0.3) is 10.5 Å². The van der Waals surface area contributed by atoms with E-state index >= 15 is 0 Å². The summed E-state index contributed by atoms with van der Waals surface area (Å²) in [5, 5.41) is 0. The van der Waals surface area contributed by atoms with E-state index in [1.165, 1.54) is 18.6 Å². The second-order valence-electron chi connectivity index (χ2n) is 7.94. The van der Waals surface area contributed by atoms with Gasteiger partial charge in [0.2, 0.25) is 0 Å². The molecule has 0 atom stereocenters. The molecule has 0 saturated heterocycles. The van der Waals surface area contributed by atoms with E-state index in [4.69, 9.17) is 0 Å². The van der Waals surface area contributed by atoms with Crippen molar-refractivity contribution in [1.82, 2.24) is 19.9 Å². The van der Waals surface area contributed by atoms with E-state index in [0.29, 0.717) is 17.0 Å². The molecule has 0 fully saturated rings. The van der Waals surface area contributed by atoms with Crippen LogP contribution in [0.5, 0.6) is 0 Å². The third kappa shape index (κ3) is 5.40. The van der Waals surface area contributed by atoms with Gasteiger partial charge in [-0.1, -0.05) is 36.0 Å². The number of nitrogens with zero attached hydrogens (tertiary/aromatic N) is 5. The molecule has 4 aromatic rings. The average Bonchev–Trinajstić information content (AvgIpc) is 2.88. The number of anilines is 2. The molecule has 182 valence electrons. The number of fused-ring (bicyclic) bond motifs is 2. The molecule has 11 heteroatoms. The molecule has 3 heterocycles.